The fourth-order valence-corrected chi connectivity index (χ4v) is 2.51. The van der Waals surface area contributed by atoms with E-state index in [1.807, 2.05) is 20.8 Å². The van der Waals surface area contributed by atoms with Gasteiger partial charge >= 0.3 is 11.9 Å². The fourth-order valence-electron chi connectivity index (χ4n) is 1.90. The van der Waals surface area contributed by atoms with Gasteiger partial charge in [-0.25, -0.2) is 9.78 Å². The molecular formula is C15H22N2O5S. The Hall–Kier alpha value is -1.96. The first-order valence-corrected chi connectivity index (χ1v) is 8.13. The lowest BCUT2D eigenvalue weighted by Gasteiger charge is -2.18. The van der Waals surface area contributed by atoms with Crippen LogP contribution in [0.15, 0.2) is 5.38 Å². The van der Waals surface area contributed by atoms with Crippen molar-refractivity contribution in [2.24, 2.45) is 5.92 Å². The number of ether oxygens (including phenoxy) is 2. The van der Waals surface area contributed by atoms with Crippen LogP contribution < -0.4 is 5.32 Å². The van der Waals surface area contributed by atoms with Crippen molar-refractivity contribution in [3.63, 3.8) is 0 Å². The van der Waals surface area contributed by atoms with Crippen molar-refractivity contribution in [2.45, 2.75) is 39.7 Å². The van der Waals surface area contributed by atoms with Gasteiger partial charge in [0.25, 0.3) is 5.91 Å². The molecule has 1 rings (SSSR count). The molecule has 23 heavy (non-hydrogen) atoms. The maximum absolute atomic E-state index is 11.8. The SMILES string of the molecule is COC(=O)C(CC(C)C)NC(=O)COC(=O)Cc1csc(C)n1. The predicted octanol–water partition coefficient (Wildman–Crippen LogP) is 1.24. The number of amides is 1. The molecule has 1 atom stereocenters. The van der Waals surface area contributed by atoms with Crippen molar-refractivity contribution in [2.75, 3.05) is 13.7 Å². The lowest BCUT2D eigenvalue weighted by atomic mass is 10.0. The summed E-state index contributed by atoms with van der Waals surface area (Å²) >= 11 is 1.44. The molecule has 1 aromatic heterocycles. The molecule has 1 aromatic rings. The van der Waals surface area contributed by atoms with E-state index in [1.54, 1.807) is 5.38 Å². The third-order valence-corrected chi connectivity index (χ3v) is 3.71. The van der Waals surface area contributed by atoms with Crippen LogP contribution in [0.4, 0.5) is 0 Å². The predicted molar refractivity (Wildman–Crippen MR) is 84.9 cm³/mol. The molecule has 1 heterocycles. The van der Waals surface area contributed by atoms with Crippen molar-refractivity contribution >= 4 is 29.2 Å². The van der Waals surface area contributed by atoms with Gasteiger partial charge in [0, 0.05) is 5.38 Å². The number of methoxy groups -OCH3 is 1. The van der Waals surface area contributed by atoms with Gasteiger partial charge in [0.05, 0.1) is 24.2 Å². The molecule has 8 heteroatoms. The standard InChI is InChI=1S/C15H22N2O5S/c1-9(2)5-12(15(20)21-4)17-13(18)7-22-14(19)6-11-8-23-10(3)16-11/h8-9,12H,5-7H2,1-4H3,(H,17,18). The Kier molecular flexibility index (Phi) is 7.67. The summed E-state index contributed by atoms with van der Waals surface area (Å²) in [6.07, 6.45) is 0.467. The van der Waals surface area contributed by atoms with Crippen LogP contribution in [0.3, 0.4) is 0 Å². The number of hydrogen-bond acceptors (Lipinski definition) is 7. The zero-order valence-corrected chi connectivity index (χ0v) is 14.6. The van der Waals surface area contributed by atoms with Crippen LogP contribution in [0.5, 0.6) is 0 Å². The van der Waals surface area contributed by atoms with Crippen LogP contribution in [0.2, 0.25) is 0 Å². The fraction of sp³-hybridized carbons (Fsp3) is 0.600. The van der Waals surface area contributed by atoms with E-state index >= 15 is 0 Å². The summed E-state index contributed by atoms with van der Waals surface area (Å²) < 4.78 is 9.55. The lowest BCUT2D eigenvalue weighted by Crippen LogP contribution is -2.44. The normalized spacial score (nSPS) is 11.9. The highest BCUT2D eigenvalue weighted by Crippen LogP contribution is 2.09. The Morgan fingerprint density at radius 1 is 1.35 bits per heavy atom. The van der Waals surface area contributed by atoms with Gasteiger partial charge in [0.15, 0.2) is 6.61 Å². The van der Waals surface area contributed by atoms with Crippen molar-refractivity contribution in [1.82, 2.24) is 10.3 Å². The van der Waals surface area contributed by atoms with Crippen LogP contribution >= 0.6 is 11.3 Å². The maximum atomic E-state index is 11.8. The Balaban J connectivity index is 2.41. The summed E-state index contributed by atoms with van der Waals surface area (Å²) in [5.74, 6) is -1.39. The smallest absolute Gasteiger partial charge is 0.328 e. The molecule has 0 aliphatic rings. The van der Waals surface area contributed by atoms with E-state index in [0.717, 1.165) is 5.01 Å². The van der Waals surface area contributed by atoms with Crippen molar-refractivity contribution in [3.8, 4) is 0 Å². The molecular weight excluding hydrogens is 320 g/mol. The number of rotatable bonds is 8. The molecule has 0 spiro atoms. The minimum Gasteiger partial charge on any atom is -0.467 e. The molecule has 0 aliphatic carbocycles. The summed E-state index contributed by atoms with van der Waals surface area (Å²) in [4.78, 5) is 39.2. The zero-order chi connectivity index (χ0) is 17.4. The molecule has 1 N–H and O–H groups in total. The van der Waals surface area contributed by atoms with E-state index in [2.05, 4.69) is 15.0 Å². The molecule has 0 saturated carbocycles. The Labute approximate surface area is 139 Å². The minimum atomic E-state index is -0.743. The molecule has 0 aromatic carbocycles. The number of carbonyl (C=O) groups excluding carboxylic acids is 3. The van der Waals surface area contributed by atoms with E-state index in [9.17, 15) is 14.4 Å². The monoisotopic (exact) mass is 342 g/mol. The number of nitrogens with zero attached hydrogens (tertiary/aromatic N) is 1. The van der Waals surface area contributed by atoms with Crippen LogP contribution in [-0.2, 0) is 30.3 Å². The zero-order valence-electron chi connectivity index (χ0n) is 13.8. The first kappa shape index (κ1) is 19.1. The summed E-state index contributed by atoms with van der Waals surface area (Å²) in [5, 5.41) is 5.15. The molecule has 0 saturated heterocycles. The number of hydrogen-bond donors (Lipinski definition) is 1. The Bertz CT molecular complexity index is 556. The van der Waals surface area contributed by atoms with Gasteiger partial charge in [-0.2, -0.15) is 0 Å². The third kappa shape index (κ3) is 7.23. The summed E-state index contributed by atoms with van der Waals surface area (Å²) in [6, 6.07) is -0.743. The first-order chi connectivity index (χ1) is 10.8. The number of thiazole rings is 1. The molecule has 0 fully saturated rings. The molecule has 1 unspecified atom stereocenters. The number of carbonyl (C=O) groups is 3. The Morgan fingerprint density at radius 3 is 2.57 bits per heavy atom. The molecule has 0 radical (unpaired) electrons. The first-order valence-electron chi connectivity index (χ1n) is 7.25. The second-order valence-electron chi connectivity index (χ2n) is 5.47. The second-order valence-corrected chi connectivity index (χ2v) is 6.53. The number of aromatic nitrogens is 1. The molecule has 7 nitrogen and oxygen atoms in total. The molecule has 1 amide bonds. The number of aryl methyl sites for hydroxylation is 1. The Morgan fingerprint density at radius 2 is 2.04 bits per heavy atom. The van der Waals surface area contributed by atoms with Crippen LogP contribution in [0, 0.1) is 12.8 Å². The lowest BCUT2D eigenvalue weighted by molar-refractivity contribution is -0.150. The maximum Gasteiger partial charge on any atom is 0.328 e. The van der Waals surface area contributed by atoms with Crippen molar-refractivity contribution in [1.29, 1.82) is 0 Å². The largest absolute Gasteiger partial charge is 0.467 e. The topological polar surface area (TPSA) is 94.6 Å². The van der Waals surface area contributed by atoms with Gasteiger partial charge in [-0.3, -0.25) is 9.59 Å². The van der Waals surface area contributed by atoms with E-state index in [4.69, 9.17) is 4.74 Å². The summed E-state index contributed by atoms with van der Waals surface area (Å²) in [6.45, 7) is 5.26. The second kappa shape index (κ2) is 9.24. The van der Waals surface area contributed by atoms with Gasteiger partial charge in [0.1, 0.15) is 6.04 Å². The van der Waals surface area contributed by atoms with Gasteiger partial charge in [-0.15, -0.1) is 11.3 Å². The van der Waals surface area contributed by atoms with Crippen LogP contribution in [0.25, 0.3) is 0 Å². The number of nitrogens with one attached hydrogen (secondary N) is 1. The number of esters is 2. The quantitative estimate of drug-likeness (QED) is 0.714. The van der Waals surface area contributed by atoms with E-state index < -0.39 is 30.5 Å². The summed E-state index contributed by atoms with van der Waals surface area (Å²) in [7, 11) is 1.26. The molecule has 0 aliphatic heterocycles. The average Bonchev–Trinajstić information content (AvgIpc) is 2.88. The van der Waals surface area contributed by atoms with Crippen molar-refractivity contribution in [3.05, 3.63) is 16.1 Å². The molecule has 128 valence electrons. The van der Waals surface area contributed by atoms with Crippen LogP contribution in [0.1, 0.15) is 31.0 Å². The summed E-state index contributed by atoms with van der Waals surface area (Å²) in [5.41, 5.74) is 0.616. The van der Waals surface area contributed by atoms with E-state index in [-0.39, 0.29) is 12.3 Å². The molecule has 0 bridgehead atoms. The van der Waals surface area contributed by atoms with Gasteiger partial charge < -0.3 is 14.8 Å². The van der Waals surface area contributed by atoms with Crippen LogP contribution in [-0.4, -0.2) is 42.6 Å². The highest BCUT2D eigenvalue weighted by atomic mass is 32.1. The van der Waals surface area contributed by atoms with Gasteiger partial charge in [-0.1, -0.05) is 13.8 Å². The third-order valence-electron chi connectivity index (χ3n) is 2.88. The van der Waals surface area contributed by atoms with E-state index in [0.29, 0.717) is 12.1 Å². The van der Waals surface area contributed by atoms with Gasteiger partial charge in [0.2, 0.25) is 0 Å². The van der Waals surface area contributed by atoms with E-state index in [1.165, 1.54) is 18.4 Å². The highest BCUT2D eigenvalue weighted by molar-refractivity contribution is 7.09. The minimum absolute atomic E-state index is 0.0179. The average molecular weight is 342 g/mol. The van der Waals surface area contributed by atoms with Gasteiger partial charge in [-0.05, 0) is 19.3 Å². The van der Waals surface area contributed by atoms with Crippen molar-refractivity contribution < 1.29 is 23.9 Å². The highest BCUT2D eigenvalue weighted by Gasteiger charge is 2.23.